The molecule has 0 saturated carbocycles. The zero-order valence-corrected chi connectivity index (χ0v) is 23.2. The van der Waals surface area contributed by atoms with Gasteiger partial charge in [0.1, 0.15) is 10.8 Å². The van der Waals surface area contributed by atoms with E-state index in [1.54, 1.807) is 34.9 Å². The van der Waals surface area contributed by atoms with E-state index in [0.29, 0.717) is 28.3 Å². The highest BCUT2D eigenvalue weighted by Gasteiger charge is 2.26. The van der Waals surface area contributed by atoms with Crippen LogP contribution in [0.1, 0.15) is 38.0 Å². The monoisotopic (exact) mass is 556 g/mol. The molecule has 0 saturated heterocycles. The number of rotatable bonds is 11. The second-order valence-corrected chi connectivity index (χ2v) is 13.0. The zero-order valence-electron chi connectivity index (χ0n) is 20.7. The van der Waals surface area contributed by atoms with E-state index in [4.69, 9.17) is 0 Å². The molecule has 0 fully saturated rings. The van der Waals surface area contributed by atoms with Crippen LogP contribution >= 0.6 is 23.1 Å². The van der Waals surface area contributed by atoms with Gasteiger partial charge in [0.25, 0.3) is 0 Å². The van der Waals surface area contributed by atoms with Crippen molar-refractivity contribution in [1.29, 1.82) is 0 Å². The minimum absolute atomic E-state index is 0.214. The molecular weight excluding hydrogens is 529 g/mol. The summed E-state index contributed by atoms with van der Waals surface area (Å²) in [6.45, 7) is 6.11. The van der Waals surface area contributed by atoms with Crippen LogP contribution in [0.2, 0.25) is 0 Å². The van der Waals surface area contributed by atoms with Crippen LogP contribution in [0.3, 0.4) is 0 Å². The van der Waals surface area contributed by atoms with Gasteiger partial charge in [-0.1, -0.05) is 80.3 Å². The number of nitrogens with zero attached hydrogens (tertiary/aromatic N) is 5. The van der Waals surface area contributed by atoms with Crippen LogP contribution in [0.25, 0.3) is 5.69 Å². The van der Waals surface area contributed by atoms with Crippen LogP contribution in [0, 0.1) is 5.92 Å². The molecule has 4 rings (SSSR count). The Hall–Kier alpha value is -3.09. The normalized spacial score (nSPS) is 12.5. The largest absolute Gasteiger partial charge is 0.300 e. The third kappa shape index (κ3) is 6.82. The lowest BCUT2D eigenvalue weighted by Gasteiger charge is -2.15. The number of nitrogens with one attached hydrogen (secondary N) is 1. The maximum atomic E-state index is 13.1. The van der Waals surface area contributed by atoms with E-state index in [-0.39, 0.29) is 22.4 Å². The van der Waals surface area contributed by atoms with E-state index < -0.39 is 15.1 Å². The minimum atomic E-state index is -3.65. The lowest BCUT2D eigenvalue weighted by atomic mass is 10.1. The predicted octanol–water partition coefficient (Wildman–Crippen LogP) is 4.80. The van der Waals surface area contributed by atoms with E-state index >= 15 is 0 Å². The quantitative estimate of drug-likeness (QED) is 0.262. The Kier molecular flexibility index (Phi) is 8.72. The first-order valence-electron chi connectivity index (χ1n) is 11.8. The SMILES string of the molecule is CCC(Sc1nnc(CS(=O)(=O)c2ccccc2)n1-c1ccccc1)C(=O)Nc1nnc(CC(C)C)s1. The molecule has 0 spiro atoms. The molecule has 2 heterocycles. The molecule has 2 aromatic heterocycles. The van der Waals surface area contributed by atoms with Gasteiger partial charge in [-0.2, -0.15) is 0 Å². The minimum Gasteiger partial charge on any atom is -0.300 e. The van der Waals surface area contributed by atoms with Crippen LogP contribution in [-0.2, 0) is 26.8 Å². The Morgan fingerprint density at radius 2 is 1.68 bits per heavy atom. The van der Waals surface area contributed by atoms with Crippen molar-refractivity contribution in [3.8, 4) is 5.69 Å². The maximum absolute atomic E-state index is 13.1. The number of amides is 1. The summed E-state index contributed by atoms with van der Waals surface area (Å²) in [5.74, 6) is 0.169. The van der Waals surface area contributed by atoms with Gasteiger partial charge in [0, 0.05) is 12.1 Å². The Labute approximate surface area is 224 Å². The molecule has 1 atom stereocenters. The highest BCUT2D eigenvalue weighted by molar-refractivity contribution is 8.00. The van der Waals surface area contributed by atoms with Gasteiger partial charge in [-0.3, -0.25) is 14.7 Å². The second-order valence-electron chi connectivity index (χ2n) is 8.74. The summed E-state index contributed by atoms with van der Waals surface area (Å²) in [5, 5.41) is 20.9. The van der Waals surface area contributed by atoms with Crippen molar-refractivity contribution in [2.24, 2.45) is 5.92 Å². The van der Waals surface area contributed by atoms with Crippen LogP contribution in [0.5, 0.6) is 0 Å². The highest BCUT2D eigenvalue weighted by Crippen LogP contribution is 2.30. The summed E-state index contributed by atoms with van der Waals surface area (Å²) in [5.41, 5.74) is 0.714. The van der Waals surface area contributed by atoms with Crippen molar-refractivity contribution in [1.82, 2.24) is 25.0 Å². The number of hydrogen-bond donors (Lipinski definition) is 1. The van der Waals surface area contributed by atoms with Crippen LogP contribution < -0.4 is 5.32 Å². The molecule has 0 aliphatic carbocycles. The maximum Gasteiger partial charge on any atom is 0.239 e. The average molecular weight is 557 g/mol. The molecule has 12 heteroatoms. The van der Waals surface area contributed by atoms with E-state index in [2.05, 4.69) is 39.6 Å². The summed E-state index contributed by atoms with van der Waals surface area (Å²) >= 11 is 2.61. The Balaban J connectivity index is 1.59. The molecule has 4 aromatic rings. The number of para-hydroxylation sites is 1. The van der Waals surface area contributed by atoms with Crippen LogP contribution in [0.15, 0.2) is 70.7 Å². The molecule has 1 amide bonds. The van der Waals surface area contributed by atoms with Crippen molar-refractivity contribution < 1.29 is 13.2 Å². The third-order valence-corrected chi connectivity index (χ3v) is 9.12. The molecular formula is C25H28N6O3S3. The van der Waals surface area contributed by atoms with Crippen molar-refractivity contribution in [2.45, 2.75) is 54.7 Å². The Bertz CT molecular complexity index is 1440. The number of hydrogen-bond acceptors (Lipinski definition) is 9. The molecule has 0 radical (unpaired) electrons. The van der Waals surface area contributed by atoms with Crippen LogP contribution in [-0.4, -0.2) is 44.5 Å². The lowest BCUT2D eigenvalue weighted by molar-refractivity contribution is -0.115. The van der Waals surface area contributed by atoms with Crippen molar-refractivity contribution >= 4 is 44.0 Å². The molecule has 2 aromatic carbocycles. The summed E-state index contributed by atoms with van der Waals surface area (Å²) in [7, 11) is -3.65. The molecule has 0 aliphatic rings. The Morgan fingerprint density at radius 1 is 1.00 bits per heavy atom. The van der Waals surface area contributed by atoms with Crippen molar-refractivity contribution in [3.05, 3.63) is 71.5 Å². The zero-order chi connectivity index (χ0) is 26.4. The molecule has 0 aliphatic heterocycles. The smallest absolute Gasteiger partial charge is 0.239 e. The van der Waals surface area contributed by atoms with Gasteiger partial charge in [-0.25, -0.2) is 8.42 Å². The first-order chi connectivity index (χ1) is 17.8. The molecule has 1 N–H and O–H groups in total. The molecule has 0 bridgehead atoms. The van der Waals surface area contributed by atoms with Gasteiger partial charge < -0.3 is 0 Å². The summed E-state index contributed by atoms with van der Waals surface area (Å²) in [4.78, 5) is 13.3. The summed E-state index contributed by atoms with van der Waals surface area (Å²) in [6, 6.07) is 17.5. The number of anilines is 1. The molecule has 194 valence electrons. The summed E-state index contributed by atoms with van der Waals surface area (Å²) in [6.07, 6.45) is 1.32. The van der Waals surface area contributed by atoms with Gasteiger partial charge in [0.2, 0.25) is 11.0 Å². The third-order valence-electron chi connectivity index (χ3n) is 5.33. The van der Waals surface area contributed by atoms with E-state index in [9.17, 15) is 13.2 Å². The van der Waals surface area contributed by atoms with Crippen molar-refractivity contribution in [3.63, 3.8) is 0 Å². The molecule has 9 nitrogen and oxygen atoms in total. The highest BCUT2D eigenvalue weighted by atomic mass is 32.2. The van der Waals surface area contributed by atoms with E-state index in [0.717, 1.165) is 11.4 Å². The summed E-state index contributed by atoms with van der Waals surface area (Å²) < 4.78 is 27.9. The second kappa shape index (κ2) is 12.0. The number of thioether (sulfide) groups is 1. The van der Waals surface area contributed by atoms with Gasteiger partial charge in [0.05, 0.1) is 10.1 Å². The van der Waals surface area contributed by atoms with E-state index in [1.807, 2.05) is 37.3 Å². The number of benzene rings is 2. The fourth-order valence-electron chi connectivity index (χ4n) is 3.56. The van der Waals surface area contributed by atoms with Gasteiger partial charge >= 0.3 is 0 Å². The van der Waals surface area contributed by atoms with E-state index in [1.165, 1.54) is 23.1 Å². The number of carbonyl (C=O) groups is 1. The average Bonchev–Trinajstić information content (AvgIpc) is 3.48. The van der Waals surface area contributed by atoms with Gasteiger partial charge in [0.15, 0.2) is 20.8 Å². The lowest BCUT2D eigenvalue weighted by Crippen LogP contribution is -2.25. The number of carbonyl (C=O) groups excluding carboxylic acids is 1. The predicted molar refractivity (Wildman–Crippen MR) is 146 cm³/mol. The topological polar surface area (TPSA) is 120 Å². The fourth-order valence-corrected chi connectivity index (χ4v) is 6.77. The molecule has 37 heavy (non-hydrogen) atoms. The van der Waals surface area contributed by atoms with Gasteiger partial charge in [-0.05, 0) is 36.6 Å². The number of aromatic nitrogens is 5. The fraction of sp³-hybridized carbons (Fsp3) is 0.320. The van der Waals surface area contributed by atoms with Crippen molar-refractivity contribution in [2.75, 3.05) is 5.32 Å². The standard InChI is InChI=1S/C25H28N6O3S3/c1-4-20(23(32)26-24-29-28-22(36-24)15-17(2)3)35-25-30-27-21(31(25)18-11-7-5-8-12-18)16-37(33,34)19-13-9-6-10-14-19/h5-14,17,20H,4,15-16H2,1-3H3,(H,26,29,32). The number of sulfone groups is 1. The first kappa shape index (κ1) is 27.0. The van der Waals surface area contributed by atoms with Gasteiger partial charge in [-0.15, -0.1) is 20.4 Å². The van der Waals surface area contributed by atoms with Crippen LogP contribution in [0.4, 0.5) is 5.13 Å². The first-order valence-corrected chi connectivity index (χ1v) is 15.2. The Morgan fingerprint density at radius 3 is 2.32 bits per heavy atom. The molecule has 1 unspecified atom stereocenters.